The number of rotatable bonds is 2. The number of anilines is 1. The molecule has 1 aromatic rings. The molecule has 0 bridgehead atoms. The summed E-state index contributed by atoms with van der Waals surface area (Å²) in [4.78, 5) is 28.9. The SMILES string of the molecule is Cc1ccc2c(c1)N(C)C(=O)C(C)(C(=O)N1CCN(S(C)(=O)=O)CC1)O2. The molecule has 0 N–H and O–H groups in total. The van der Waals surface area contributed by atoms with E-state index < -0.39 is 27.4 Å². The van der Waals surface area contributed by atoms with Crippen molar-refractivity contribution < 1.29 is 22.7 Å². The van der Waals surface area contributed by atoms with Crippen LogP contribution in [0.4, 0.5) is 5.69 Å². The predicted molar refractivity (Wildman–Crippen MR) is 96.6 cm³/mol. The normalized spacial score (nSPS) is 24.2. The molecule has 2 aliphatic rings. The number of sulfonamides is 1. The highest BCUT2D eigenvalue weighted by Crippen LogP contribution is 2.38. The third kappa shape index (κ3) is 3.05. The zero-order chi connectivity index (χ0) is 19.3. The summed E-state index contributed by atoms with van der Waals surface area (Å²) in [5.41, 5.74) is -0.0504. The Morgan fingerprint density at radius 1 is 1.19 bits per heavy atom. The fourth-order valence-electron chi connectivity index (χ4n) is 3.33. The Morgan fingerprint density at radius 2 is 1.81 bits per heavy atom. The number of aryl methyl sites for hydroxylation is 1. The van der Waals surface area contributed by atoms with Gasteiger partial charge in [-0.3, -0.25) is 9.59 Å². The van der Waals surface area contributed by atoms with Gasteiger partial charge >= 0.3 is 0 Å². The van der Waals surface area contributed by atoms with Gasteiger partial charge in [0.05, 0.1) is 11.9 Å². The van der Waals surface area contributed by atoms with E-state index in [1.54, 1.807) is 13.1 Å². The smallest absolute Gasteiger partial charge is 0.280 e. The van der Waals surface area contributed by atoms with E-state index in [1.807, 2.05) is 19.1 Å². The largest absolute Gasteiger partial charge is 0.465 e. The number of hydrogen-bond acceptors (Lipinski definition) is 5. The van der Waals surface area contributed by atoms with E-state index in [0.717, 1.165) is 11.8 Å². The molecule has 0 radical (unpaired) electrons. The van der Waals surface area contributed by atoms with Gasteiger partial charge in [0, 0.05) is 33.2 Å². The highest BCUT2D eigenvalue weighted by atomic mass is 32.2. The molecule has 3 rings (SSSR count). The van der Waals surface area contributed by atoms with Crippen LogP contribution in [0.5, 0.6) is 5.75 Å². The van der Waals surface area contributed by atoms with Crippen molar-refractivity contribution in [3.05, 3.63) is 23.8 Å². The van der Waals surface area contributed by atoms with Gasteiger partial charge in [-0.25, -0.2) is 8.42 Å². The van der Waals surface area contributed by atoms with Gasteiger partial charge in [-0.15, -0.1) is 0 Å². The Labute approximate surface area is 153 Å². The molecule has 8 nitrogen and oxygen atoms in total. The Kier molecular flexibility index (Phi) is 4.48. The number of piperazine rings is 1. The van der Waals surface area contributed by atoms with Crippen LogP contribution in [0.2, 0.25) is 0 Å². The summed E-state index contributed by atoms with van der Waals surface area (Å²) >= 11 is 0. The Bertz CT molecular complexity index is 861. The summed E-state index contributed by atoms with van der Waals surface area (Å²) in [6.07, 6.45) is 1.15. The Morgan fingerprint density at radius 3 is 2.38 bits per heavy atom. The molecule has 1 unspecified atom stereocenters. The van der Waals surface area contributed by atoms with Crippen molar-refractivity contribution in [3.8, 4) is 5.75 Å². The Balaban J connectivity index is 1.83. The lowest BCUT2D eigenvalue weighted by Gasteiger charge is -2.42. The molecule has 2 amide bonds. The second kappa shape index (κ2) is 6.24. The first-order valence-corrected chi connectivity index (χ1v) is 10.2. The number of fused-ring (bicyclic) bond motifs is 1. The molecular formula is C17H23N3O5S. The summed E-state index contributed by atoms with van der Waals surface area (Å²) in [5, 5.41) is 0. The molecule has 142 valence electrons. The number of nitrogens with zero attached hydrogens (tertiary/aromatic N) is 3. The van der Waals surface area contributed by atoms with Crippen LogP contribution < -0.4 is 9.64 Å². The first kappa shape index (κ1) is 18.7. The molecule has 0 saturated carbocycles. The van der Waals surface area contributed by atoms with E-state index >= 15 is 0 Å². The minimum Gasteiger partial charge on any atom is -0.465 e. The van der Waals surface area contributed by atoms with Gasteiger partial charge in [-0.2, -0.15) is 4.31 Å². The van der Waals surface area contributed by atoms with Crippen LogP contribution in [-0.4, -0.2) is 74.5 Å². The second-order valence-corrected chi connectivity index (χ2v) is 8.91. The zero-order valence-corrected chi connectivity index (χ0v) is 16.2. The van der Waals surface area contributed by atoms with Crippen LogP contribution in [0.15, 0.2) is 18.2 Å². The fourth-order valence-corrected chi connectivity index (χ4v) is 4.16. The van der Waals surface area contributed by atoms with Crippen LogP contribution in [0.1, 0.15) is 12.5 Å². The fraction of sp³-hybridized carbons (Fsp3) is 0.529. The van der Waals surface area contributed by atoms with Gasteiger partial charge < -0.3 is 14.5 Å². The van der Waals surface area contributed by atoms with Crippen molar-refractivity contribution in [2.75, 3.05) is 44.4 Å². The second-order valence-electron chi connectivity index (χ2n) is 6.92. The predicted octanol–water partition coefficient (Wildman–Crippen LogP) is 0.213. The maximum absolute atomic E-state index is 13.0. The van der Waals surface area contributed by atoms with Gasteiger partial charge in [0.15, 0.2) is 0 Å². The van der Waals surface area contributed by atoms with Crippen molar-refractivity contribution in [3.63, 3.8) is 0 Å². The van der Waals surface area contributed by atoms with E-state index in [0.29, 0.717) is 11.4 Å². The van der Waals surface area contributed by atoms with Crippen LogP contribution in [0, 0.1) is 6.92 Å². The summed E-state index contributed by atoms with van der Waals surface area (Å²) in [6, 6.07) is 5.45. The molecule has 1 saturated heterocycles. The number of hydrogen-bond donors (Lipinski definition) is 0. The third-order valence-corrected chi connectivity index (χ3v) is 6.21. The monoisotopic (exact) mass is 381 g/mol. The van der Waals surface area contributed by atoms with Gasteiger partial charge in [0.2, 0.25) is 10.0 Å². The minimum absolute atomic E-state index is 0.209. The van der Waals surface area contributed by atoms with Crippen LogP contribution in [0.3, 0.4) is 0 Å². The molecular weight excluding hydrogens is 358 g/mol. The molecule has 0 aromatic heterocycles. The van der Waals surface area contributed by atoms with E-state index in [4.69, 9.17) is 4.74 Å². The molecule has 1 fully saturated rings. The third-order valence-electron chi connectivity index (χ3n) is 4.91. The minimum atomic E-state index is -3.29. The number of likely N-dealkylation sites (N-methyl/N-ethyl adjacent to an activating group) is 1. The van der Waals surface area contributed by atoms with Gasteiger partial charge in [0.1, 0.15) is 5.75 Å². The quantitative estimate of drug-likeness (QED) is 0.684. The highest BCUT2D eigenvalue weighted by Gasteiger charge is 2.52. The van der Waals surface area contributed by atoms with Crippen molar-refractivity contribution in [1.82, 2.24) is 9.21 Å². The number of ether oxygens (including phenoxy) is 1. The van der Waals surface area contributed by atoms with Gasteiger partial charge in [-0.1, -0.05) is 6.07 Å². The average Bonchev–Trinajstić information content (AvgIpc) is 2.59. The lowest BCUT2D eigenvalue weighted by molar-refractivity contribution is -0.156. The molecule has 0 spiro atoms. The van der Waals surface area contributed by atoms with E-state index in [1.165, 1.54) is 21.0 Å². The lowest BCUT2D eigenvalue weighted by atomic mass is 9.98. The summed E-state index contributed by atoms with van der Waals surface area (Å²) in [5.74, 6) is -0.414. The van der Waals surface area contributed by atoms with E-state index in [2.05, 4.69) is 0 Å². The van der Waals surface area contributed by atoms with Crippen LogP contribution in [-0.2, 0) is 19.6 Å². The Hall–Kier alpha value is -2.13. The number of benzene rings is 1. The average molecular weight is 381 g/mol. The summed E-state index contributed by atoms with van der Waals surface area (Å²) < 4.78 is 30.4. The van der Waals surface area contributed by atoms with Crippen molar-refractivity contribution in [1.29, 1.82) is 0 Å². The number of carbonyl (C=O) groups is 2. The van der Waals surface area contributed by atoms with Crippen molar-refractivity contribution in [2.24, 2.45) is 0 Å². The number of carbonyl (C=O) groups excluding carboxylic acids is 2. The topological polar surface area (TPSA) is 87.2 Å². The molecule has 1 atom stereocenters. The van der Waals surface area contributed by atoms with E-state index in [-0.39, 0.29) is 26.2 Å². The maximum Gasteiger partial charge on any atom is 0.280 e. The van der Waals surface area contributed by atoms with Crippen LogP contribution in [0.25, 0.3) is 0 Å². The standard InChI is InChI=1S/C17H23N3O5S/c1-12-5-6-14-13(11-12)18(3)15(21)17(2,25-14)16(22)19-7-9-20(10-8-19)26(4,23)24/h5-6,11H,7-10H2,1-4H3. The summed E-state index contributed by atoms with van der Waals surface area (Å²) in [7, 11) is -1.67. The van der Waals surface area contributed by atoms with Gasteiger partial charge in [-0.05, 0) is 31.5 Å². The molecule has 1 aromatic carbocycles. The maximum atomic E-state index is 13.0. The van der Waals surface area contributed by atoms with Crippen molar-refractivity contribution >= 4 is 27.5 Å². The molecule has 9 heteroatoms. The molecule has 2 heterocycles. The molecule has 26 heavy (non-hydrogen) atoms. The zero-order valence-electron chi connectivity index (χ0n) is 15.4. The lowest BCUT2D eigenvalue weighted by Crippen LogP contribution is -2.64. The van der Waals surface area contributed by atoms with E-state index in [9.17, 15) is 18.0 Å². The first-order valence-electron chi connectivity index (χ1n) is 8.36. The van der Waals surface area contributed by atoms with Gasteiger partial charge in [0.25, 0.3) is 17.4 Å². The molecule has 2 aliphatic heterocycles. The summed E-state index contributed by atoms with van der Waals surface area (Å²) in [6.45, 7) is 4.25. The molecule has 0 aliphatic carbocycles. The highest BCUT2D eigenvalue weighted by molar-refractivity contribution is 7.88. The van der Waals surface area contributed by atoms with Crippen molar-refractivity contribution in [2.45, 2.75) is 19.4 Å². The first-order chi connectivity index (χ1) is 12.0. The van der Waals surface area contributed by atoms with Crippen LogP contribution >= 0.6 is 0 Å². The number of amides is 2.